The maximum Gasteiger partial charge on any atom is 0.306 e. The first-order valence-electron chi connectivity index (χ1n) is 11.0. The molecule has 148 valence electrons. The highest BCUT2D eigenvalue weighted by Crippen LogP contribution is 2.66. The molecule has 6 atom stereocenters. The van der Waals surface area contributed by atoms with Gasteiger partial charge in [0.15, 0.2) is 0 Å². The van der Waals surface area contributed by atoms with Gasteiger partial charge in [0, 0.05) is 6.20 Å². The molecule has 2 saturated carbocycles. The highest BCUT2D eigenvalue weighted by atomic mass is 16.3. The lowest BCUT2D eigenvalue weighted by Crippen LogP contribution is -2.49. The molecule has 2 aromatic heterocycles. The van der Waals surface area contributed by atoms with E-state index in [0.717, 1.165) is 31.1 Å². The summed E-state index contributed by atoms with van der Waals surface area (Å²) < 4.78 is 7.60. The van der Waals surface area contributed by atoms with Crippen molar-refractivity contribution in [3.8, 4) is 0 Å². The standard InChI is InChI=1S/C24H30N2O2/c1-23-9-7-16(27)13-15(23)3-4-17-18-5-6-20(24(18,2)10-8-19(17)23)21-14-25-22-26(21)11-12-28-22/h3,6,11-12,14,16-19,27H,4-5,7-10,13H2,1-2H3. The molecule has 0 aliphatic heterocycles. The fourth-order valence-electron chi connectivity index (χ4n) is 7.53. The molecule has 6 unspecified atom stereocenters. The highest BCUT2D eigenvalue weighted by Gasteiger charge is 2.57. The minimum absolute atomic E-state index is 0.122. The van der Waals surface area contributed by atoms with Crippen LogP contribution in [0.1, 0.15) is 64.5 Å². The lowest BCUT2D eigenvalue weighted by Gasteiger charge is -2.57. The summed E-state index contributed by atoms with van der Waals surface area (Å²) in [6.07, 6.45) is 18.5. The van der Waals surface area contributed by atoms with E-state index >= 15 is 0 Å². The molecule has 2 fully saturated rings. The van der Waals surface area contributed by atoms with Gasteiger partial charge in [0.25, 0.3) is 0 Å². The van der Waals surface area contributed by atoms with Crippen LogP contribution in [0.15, 0.2) is 40.8 Å². The Labute approximate surface area is 166 Å². The Morgan fingerprint density at radius 1 is 1.11 bits per heavy atom. The Balaban J connectivity index is 1.36. The van der Waals surface area contributed by atoms with Crippen molar-refractivity contribution in [2.45, 2.75) is 64.9 Å². The quantitative estimate of drug-likeness (QED) is 0.690. The molecule has 1 N–H and O–H groups in total. The zero-order valence-corrected chi connectivity index (χ0v) is 16.9. The summed E-state index contributed by atoms with van der Waals surface area (Å²) in [5, 5.41) is 10.2. The van der Waals surface area contributed by atoms with Gasteiger partial charge in [-0.05, 0) is 79.1 Å². The molecule has 0 radical (unpaired) electrons. The number of oxazole rings is 1. The van der Waals surface area contributed by atoms with E-state index in [4.69, 9.17) is 4.42 Å². The van der Waals surface area contributed by atoms with Crippen molar-refractivity contribution < 1.29 is 9.52 Å². The molecule has 0 amide bonds. The summed E-state index contributed by atoms with van der Waals surface area (Å²) in [5.41, 5.74) is 4.78. The van der Waals surface area contributed by atoms with Crippen molar-refractivity contribution in [2.24, 2.45) is 28.6 Å². The molecule has 4 aliphatic rings. The van der Waals surface area contributed by atoms with E-state index in [0.29, 0.717) is 17.2 Å². The van der Waals surface area contributed by atoms with Gasteiger partial charge in [-0.25, -0.2) is 4.98 Å². The first kappa shape index (κ1) is 17.1. The van der Waals surface area contributed by atoms with E-state index in [-0.39, 0.29) is 11.5 Å². The number of aliphatic hydroxyl groups is 1. The summed E-state index contributed by atoms with van der Waals surface area (Å²) in [6, 6.07) is 0. The number of hydrogen-bond donors (Lipinski definition) is 1. The van der Waals surface area contributed by atoms with Gasteiger partial charge in [0.2, 0.25) is 0 Å². The van der Waals surface area contributed by atoms with Crippen LogP contribution >= 0.6 is 0 Å². The molecule has 0 saturated heterocycles. The molecule has 28 heavy (non-hydrogen) atoms. The molecule has 0 aromatic carbocycles. The molecule has 2 aromatic rings. The first-order valence-corrected chi connectivity index (χ1v) is 11.0. The van der Waals surface area contributed by atoms with E-state index in [9.17, 15) is 5.11 Å². The fourth-order valence-corrected chi connectivity index (χ4v) is 7.53. The highest BCUT2D eigenvalue weighted by molar-refractivity contribution is 5.72. The Morgan fingerprint density at radius 2 is 1.96 bits per heavy atom. The second-order valence-corrected chi connectivity index (χ2v) is 10.2. The third-order valence-electron chi connectivity index (χ3n) is 9.08. The summed E-state index contributed by atoms with van der Waals surface area (Å²) in [5.74, 6) is 2.92. The number of aromatic nitrogens is 2. The van der Waals surface area contributed by atoms with Crippen molar-refractivity contribution in [1.82, 2.24) is 9.38 Å². The number of rotatable bonds is 1. The topological polar surface area (TPSA) is 50.7 Å². The van der Waals surface area contributed by atoms with E-state index < -0.39 is 0 Å². The number of nitrogens with zero attached hydrogens (tertiary/aromatic N) is 2. The van der Waals surface area contributed by atoms with Crippen molar-refractivity contribution in [1.29, 1.82) is 0 Å². The average molecular weight is 379 g/mol. The van der Waals surface area contributed by atoms with Crippen molar-refractivity contribution in [2.75, 3.05) is 0 Å². The van der Waals surface area contributed by atoms with Gasteiger partial charge in [0.1, 0.15) is 6.26 Å². The van der Waals surface area contributed by atoms with Crippen LogP contribution in [0.3, 0.4) is 0 Å². The van der Waals surface area contributed by atoms with Crippen LogP contribution in [0, 0.1) is 28.6 Å². The van der Waals surface area contributed by atoms with Gasteiger partial charge in [-0.1, -0.05) is 31.6 Å². The van der Waals surface area contributed by atoms with Crippen LogP contribution < -0.4 is 0 Å². The van der Waals surface area contributed by atoms with Crippen LogP contribution in [0.5, 0.6) is 0 Å². The predicted molar refractivity (Wildman–Crippen MR) is 109 cm³/mol. The number of imidazole rings is 1. The maximum atomic E-state index is 10.2. The van der Waals surface area contributed by atoms with Gasteiger partial charge in [0.05, 0.1) is 18.0 Å². The van der Waals surface area contributed by atoms with Gasteiger partial charge < -0.3 is 9.52 Å². The third-order valence-corrected chi connectivity index (χ3v) is 9.08. The second kappa shape index (κ2) is 5.63. The first-order chi connectivity index (χ1) is 13.5. The Hall–Kier alpha value is -1.81. The average Bonchev–Trinajstić information content (AvgIpc) is 3.36. The Kier molecular flexibility index (Phi) is 3.43. The summed E-state index contributed by atoms with van der Waals surface area (Å²) in [6.45, 7) is 5.00. The number of aliphatic hydroxyl groups excluding tert-OH is 1. The summed E-state index contributed by atoms with van der Waals surface area (Å²) in [4.78, 5) is 4.47. The maximum absolute atomic E-state index is 10.2. The van der Waals surface area contributed by atoms with Crippen LogP contribution in [0.2, 0.25) is 0 Å². The van der Waals surface area contributed by atoms with Gasteiger partial charge in [-0.2, -0.15) is 0 Å². The molecule has 0 spiro atoms. The molecular formula is C24H30N2O2. The molecule has 0 bridgehead atoms. The van der Waals surface area contributed by atoms with E-state index in [1.54, 1.807) is 11.8 Å². The third kappa shape index (κ3) is 2.07. The van der Waals surface area contributed by atoms with Crippen LogP contribution in [-0.2, 0) is 0 Å². The number of fused-ring (bicyclic) bond motifs is 6. The normalized spacial score (nSPS) is 42.5. The predicted octanol–water partition coefficient (Wildman–Crippen LogP) is 5.24. The zero-order chi connectivity index (χ0) is 19.1. The lowest BCUT2D eigenvalue weighted by molar-refractivity contribution is -0.0238. The minimum atomic E-state index is -0.122. The summed E-state index contributed by atoms with van der Waals surface area (Å²) >= 11 is 0. The second-order valence-electron chi connectivity index (χ2n) is 10.2. The zero-order valence-electron chi connectivity index (χ0n) is 16.9. The van der Waals surface area contributed by atoms with Crippen molar-refractivity contribution in [3.63, 3.8) is 0 Å². The van der Waals surface area contributed by atoms with Crippen LogP contribution in [-0.4, -0.2) is 20.6 Å². The van der Waals surface area contributed by atoms with Crippen molar-refractivity contribution in [3.05, 3.63) is 42.1 Å². The van der Waals surface area contributed by atoms with E-state index in [1.807, 2.05) is 12.4 Å². The van der Waals surface area contributed by atoms with E-state index in [2.05, 4.69) is 35.4 Å². The lowest BCUT2D eigenvalue weighted by atomic mass is 9.47. The minimum Gasteiger partial charge on any atom is -0.432 e. The molecule has 6 rings (SSSR count). The van der Waals surface area contributed by atoms with Crippen molar-refractivity contribution >= 4 is 11.4 Å². The Bertz CT molecular complexity index is 997. The van der Waals surface area contributed by atoms with E-state index in [1.165, 1.54) is 37.0 Å². The monoisotopic (exact) mass is 378 g/mol. The molecule has 4 heteroatoms. The fraction of sp³-hybridized carbons (Fsp3) is 0.625. The Morgan fingerprint density at radius 3 is 2.86 bits per heavy atom. The van der Waals surface area contributed by atoms with Crippen LogP contribution in [0.25, 0.3) is 11.4 Å². The number of hydrogen-bond acceptors (Lipinski definition) is 3. The van der Waals surface area contributed by atoms with Gasteiger partial charge in [-0.15, -0.1) is 0 Å². The van der Waals surface area contributed by atoms with Gasteiger partial charge in [-0.3, -0.25) is 4.40 Å². The molecule has 4 nitrogen and oxygen atoms in total. The molecular weight excluding hydrogens is 348 g/mol. The summed E-state index contributed by atoms with van der Waals surface area (Å²) in [7, 11) is 0. The SMILES string of the molecule is CC12CCC(O)CC1=CCC1C2CCC2(C)C(c3cnc4occn34)=CCC12. The molecule has 4 aliphatic carbocycles. The molecule has 2 heterocycles. The number of allylic oxidation sites excluding steroid dienone is 3. The van der Waals surface area contributed by atoms with Crippen LogP contribution in [0.4, 0.5) is 0 Å². The van der Waals surface area contributed by atoms with Gasteiger partial charge >= 0.3 is 5.84 Å². The smallest absolute Gasteiger partial charge is 0.306 e. The largest absolute Gasteiger partial charge is 0.432 e.